The highest BCUT2D eigenvalue weighted by Gasteiger charge is 2.22. The van der Waals surface area contributed by atoms with E-state index in [1.807, 2.05) is 79.7 Å². The Bertz CT molecular complexity index is 856. The van der Waals surface area contributed by atoms with Crippen molar-refractivity contribution in [1.29, 1.82) is 0 Å². The number of hydrogen-bond donors (Lipinski definition) is 1. The first-order chi connectivity index (χ1) is 13.3. The predicted octanol–water partition coefficient (Wildman–Crippen LogP) is 4.63. The molecule has 1 atom stereocenters. The molecule has 0 saturated carbocycles. The lowest BCUT2D eigenvalue weighted by Gasteiger charge is -2.17. The second kappa shape index (κ2) is 9.78. The molecule has 3 aromatic rings. The number of ether oxygens (including phenoxy) is 1. The smallest absolute Gasteiger partial charge is 0.238 e. The molecular weight excluding hydrogens is 356 g/mol. The fraction of sp³-hybridized carbons (Fsp3) is 0.182. The molecule has 0 radical (unpaired) electrons. The second-order valence-electron chi connectivity index (χ2n) is 5.84. The molecule has 1 N–H and O–H groups in total. The Balaban J connectivity index is 1.75. The quantitative estimate of drug-likeness (QED) is 0.581. The van der Waals surface area contributed by atoms with E-state index in [1.54, 1.807) is 18.0 Å². The summed E-state index contributed by atoms with van der Waals surface area (Å²) in [7, 11) is 0. The Morgan fingerprint density at radius 1 is 1.04 bits per heavy atom. The molecule has 1 aromatic heterocycles. The topological polar surface area (TPSA) is 51.2 Å². The van der Waals surface area contributed by atoms with Crippen LogP contribution in [0.3, 0.4) is 0 Å². The number of carbonyl (C=O) groups is 1. The van der Waals surface area contributed by atoms with Crippen LogP contribution in [0, 0.1) is 0 Å². The van der Waals surface area contributed by atoms with Crippen LogP contribution in [-0.4, -0.2) is 17.5 Å². The maximum absolute atomic E-state index is 13.0. The Hall–Kier alpha value is -2.79. The van der Waals surface area contributed by atoms with Crippen molar-refractivity contribution in [2.45, 2.75) is 23.6 Å². The average Bonchev–Trinajstić information content (AvgIpc) is 2.73. The molecule has 0 aliphatic heterocycles. The molecule has 1 unspecified atom stereocenters. The summed E-state index contributed by atoms with van der Waals surface area (Å²) < 4.78 is 5.54. The van der Waals surface area contributed by atoms with Gasteiger partial charge in [0.05, 0.1) is 6.61 Å². The minimum Gasteiger partial charge on any atom is -0.478 e. The van der Waals surface area contributed by atoms with Gasteiger partial charge in [-0.15, -0.1) is 11.8 Å². The maximum atomic E-state index is 13.0. The number of nitrogens with one attached hydrogen (secondary N) is 1. The van der Waals surface area contributed by atoms with Crippen LogP contribution in [0.15, 0.2) is 83.9 Å². The van der Waals surface area contributed by atoms with Crippen molar-refractivity contribution in [3.8, 4) is 5.88 Å². The van der Waals surface area contributed by atoms with Gasteiger partial charge < -0.3 is 10.1 Å². The van der Waals surface area contributed by atoms with Crippen LogP contribution < -0.4 is 10.1 Å². The van der Waals surface area contributed by atoms with Crippen molar-refractivity contribution in [2.75, 3.05) is 6.61 Å². The number of benzene rings is 2. The summed E-state index contributed by atoms with van der Waals surface area (Å²) in [5.41, 5.74) is 1.84. The lowest BCUT2D eigenvalue weighted by molar-refractivity contribution is -0.120. The number of nitrogens with zero attached hydrogens (tertiary/aromatic N) is 1. The lowest BCUT2D eigenvalue weighted by Crippen LogP contribution is -2.27. The molecule has 3 rings (SSSR count). The third kappa shape index (κ3) is 5.34. The van der Waals surface area contributed by atoms with Gasteiger partial charge in [-0.1, -0.05) is 54.6 Å². The van der Waals surface area contributed by atoms with Crippen molar-refractivity contribution in [1.82, 2.24) is 10.3 Å². The fourth-order valence-electron chi connectivity index (χ4n) is 2.64. The minimum atomic E-state index is -0.333. The summed E-state index contributed by atoms with van der Waals surface area (Å²) in [4.78, 5) is 18.3. The van der Waals surface area contributed by atoms with E-state index in [4.69, 9.17) is 4.74 Å². The molecule has 1 heterocycles. The van der Waals surface area contributed by atoms with Crippen molar-refractivity contribution < 1.29 is 9.53 Å². The van der Waals surface area contributed by atoms with Crippen LogP contribution in [0.5, 0.6) is 5.88 Å². The molecule has 138 valence electrons. The van der Waals surface area contributed by atoms with E-state index in [9.17, 15) is 4.79 Å². The highest BCUT2D eigenvalue weighted by atomic mass is 32.2. The van der Waals surface area contributed by atoms with E-state index >= 15 is 0 Å². The van der Waals surface area contributed by atoms with Gasteiger partial charge >= 0.3 is 0 Å². The molecule has 4 nitrogen and oxygen atoms in total. The van der Waals surface area contributed by atoms with Gasteiger partial charge in [0, 0.05) is 23.2 Å². The summed E-state index contributed by atoms with van der Waals surface area (Å²) in [6.45, 7) is 2.83. The number of amides is 1. The summed E-state index contributed by atoms with van der Waals surface area (Å²) in [5.74, 6) is 0.522. The highest BCUT2D eigenvalue weighted by molar-refractivity contribution is 8.00. The van der Waals surface area contributed by atoms with Crippen molar-refractivity contribution in [2.24, 2.45) is 0 Å². The molecule has 5 heteroatoms. The molecule has 0 bridgehead atoms. The van der Waals surface area contributed by atoms with Gasteiger partial charge in [0.25, 0.3) is 0 Å². The number of thioether (sulfide) groups is 1. The van der Waals surface area contributed by atoms with Crippen LogP contribution in [-0.2, 0) is 11.3 Å². The van der Waals surface area contributed by atoms with Crippen molar-refractivity contribution >= 4 is 17.7 Å². The lowest BCUT2D eigenvalue weighted by atomic mass is 10.1. The Morgan fingerprint density at radius 2 is 1.74 bits per heavy atom. The Labute approximate surface area is 164 Å². The SMILES string of the molecule is CCOc1ncccc1CNC(=O)C(Sc1ccccc1)c1ccccc1. The van der Waals surface area contributed by atoms with Crippen LogP contribution in [0.2, 0.25) is 0 Å². The molecule has 2 aromatic carbocycles. The fourth-order valence-corrected chi connectivity index (χ4v) is 3.71. The van der Waals surface area contributed by atoms with Crippen LogP contribution in [0.1, 0.15) is 23.3 Å². The first-order valence-corrected chi connectivity index (χ1v) is 9.77. The van der Waals surface area contributed by atoms with Gasteiger partial charge in [0.15, 0.2) is 0 Å². The van der Waals surface area contributed by atoms with E-state index < -0.39 is 0 Å². The number of carbonyl (C=O) groups excluding carboxylic acids is 1. The van der Waals surface area contributed by atoms with Gasteiger partial charge in [0.2, 0.25) is 11.8 Å². The molecule has 0 saturated heterocycles. The number of rotatable bonds is 8. The number of pyridine rings is 1. The van der Waals surface area contributed by atoms with Crippen LogP contribution in [0.25, 0.3) is 0 Å². The minimum absolute atomic E-state index is 0.0404. The maximum Gasteiger partial charge on any atom is 0.238 e. The molecule has 0 aliphatic carbocycles. The first kappa shape index (κ1) is 19.0. The van der Waals surface area contributed by atoms with E-state index in [0.29, 0.717) is 19.0 Å². The zero-order chi connectivity index (χ0) is 18.9. The van der Waals surface area contributed by atoms with Gasteiger partial charge in [-0.05, 0) is 30.7 Å². The van der Waals surface area contributed by atoms with Gasteiger partial charge in [-0.2, -0.15) is 0 Å². The standard InChI is InChI=1S/C22H22N2O2S/c1-2-26-22-18(12-9-15-23-22)16-24-21(25)20(17-10-5-3-6-11-17)27-19-13-7-4-8-14-19/h3-15,20H,2,16H2,1H3,(H,24,25). The average molecular weight is 378 g/mol. The third-order valence-corrected chi connectivity index (χ3v) is 5.19. The number of aromatic nitrogens is 1. The predicted molar refractivity (Wildman–Crippen MR) is 109 cm³/mol. The normalized spacial score (nSPS) is 11.6. The van der Waals surface area contributed by atoms with Gasteiger partial charge in [-0.25, -0.2) is 4.98 Å². The summed E-state index contributed by atoms with van der Waals surface area (Å²) >= 11 is 1.54. The molecule has 1 amide bonds. The zero-order valence-corrected chi connectivity index (χ0v) is 16.0. The zero-order valence-electron chi connectivity index (χ0n) is 15.2. The van der Waals surface area contributed by atoms with E-state index in [-0.39, 0.29) is 11.2 Å². The van der Waals surface area contributed by atoms with Crippen molar-refractivity contribution in [3.63, 3.8) is 0 Å². The molecule has 0 spiro atoms. The van der Waals surface area contributed by atoms with Crippen LogP contribution >= 0.6 is 11.8 Å². The summed E-state index contributed by atoms with van der Waals surface area (Å²) in [6.07, 6.45) is 1.69. The molecule has 0 aliphatic rings. The monoisotopic (exact) mass is 378 g/mol. The number of hydrogen-bond acceptors (Lipinski definition) is 4. The highest BCUT2D eigenvalue weighted by Crippen LogP contribution is 2.35. The van der Waals surface area contributed by atoms with Gasteiger partial charge in [0.1, 0.15) is 5.25 Å². The van der Waals surface area contributed by atoms with Crippen LogP contribution in [0.4, 0.5) is 0 Å². The largest absolute Gasteiger partial charge is 0.478 e. The van der Waals surface area contributed by atoms with E-state index in [2.05, 4.69) is 10.3 Å². The summed E-state index contributed by atoms with van der Waals surface area (Å²) in [6, 6.07) is 23.5. The second-order valence-corrected chi connectivity index (χ2v) is 7.02. The van der Waals surface area contributed by atoms with Gasteiger partial charge in [-0.3, -0.25) is 4.79 Å². The van der Waals surface area contributed by atoms with Crippen molar-refractivity contribution in [3.05, 3.63) is 90.1 Å². The third-order valence-electron chi connectivity index (χ3n) is 3.92. The summed E-state index contributed by atoms with van der Waals surface area (Å²) in [5, 5.41) is 2.70. The Morgan fingerprint density at radius 3 is 2.44 bits per heavy atom. The first-order valence-electron chi connectivity index (χ1n) is 8.89. The van der Waals surface area contributed by atoms with E-state index in [1.165, 1.54) is 0 Å². The molecule has 27 heavy (non-hydrogen) atoms. The van der Waals surface area contributed by atoms with E-state index in [0.717, 1.165) is 16.0 Å². The molecule has 0 fully saturated rings. The molecular formula is C22H22N2O2S. The Kier molecular flexibility index (Phi) is 6.88.